The summed E-state index contributed by atoms with van der Waals surface area (Å²) in [7, 11) is -6.93. The molecule has 0 aliphatic rings. The molecule has 0 radical (unpaired) electrons. The normalized spacial score (nSPS) is 16.9. The summed E-state index contributed by atoms with van der Waals surface area (Å²) < 4.78 is 467. The van der Waals surface area contributed by atoms with Crippen molar-refractivity contribution in [3.05, 3.63) is 0 Å². The van der Waals surface area contributed by atoms with Crippen molar-refractivity contribution in [1.82, 2.24) is 0 Å². The van der Waals surface area contributed by atoms with E-state index in [1.165, 1.54) is 0 Å². The number of halogens is 34. The molecular weight excluding hydrogens is 985 g/mol. The topological polar surface area (TPSA) is 55.8 Å². The van der Waals surface area contributed by atoms with Crippen molar-refractivity contribution >= 4 is 7.82 Å². The van der Waals surface area contributed by atoms with E-state index >= 15 is 0 Å². The van der Waals surface area contributed by atoms with Crippen molar-refractivity contribution in [1.29, 1.82) is 0 Å². The Morgan fingerprint density at radius 2 is 0.441 bits per heavy atom. The minimum absolute atomic E-state index is 3.03. The molecule has 0 bridgehead atoms. The molecule has 4 nitrogen and oxygen atoms in total. The predicted octanol–water partition coefficient (Wildman–Crippen LogP) is 11.9. The van der Waals surface area contributed by atoms with Crippen LogP contribution in [0.2, 0.25) is 0 Å². The van der Waals surface area contributed by atoms with Crippen LogP contribution in [0.1, 0.15) is 12.8 Å². The van der Waals surface area contributed by atoms with Crippen molar-refractivity contribution < 1.29 is 168 Å². The van der Waals surface area contributed by atoms with Crippen LogP contribution in [0.15, 0.2) is 0 Å². The van der Waals surface area contributed by atoms with E-state index in [0.717, 1.165) is 0 Å². The first kappa shape index (κ1) is 56.7. The maximum absolute atomic E-state index is 13.8. The van der Waals surface area contributed by atoms with E-state index in [-0.39, 0.29) is 0 Å². The van der Waals surface area contributed by atoms with Crippen molar-refractivity contribution in [2.75, 3.05) is 13.2 Å². The van der Waals surface area contributed by atoms with Crippen LogP contribution >= 0.6 is 7.82 Å². The number of rotatable bonds is 20. The molecule has 0 unspecified atom stereocenters. The molecule has 0 aliphatic carbocycles. The van der Waals surface area contributed by atoms with Gasteiger partial charge in [-0.3, -0.25) is 9.05 Å². The Morgan fingerprint density at radius 3 is 0.610 bits per heavy atom. The lowest BCUT2D eigenvalue weighted by molar-refractivity contribution is -0.462. The zero-order chi connectivity index (χ0) is 48.7. The number of alkyl halides is 34. The highest BCUT2D eigenvalue weighted by atomic mass is 31.2. The highest BCUT2D eigenvalue weighted by molar-refractivity contribution is 7.47. The lowest BCUT2D eigenvalue weighted by Crippen LogP contribution is -2.74. The van der Waals surface area contributed by atoms with Gasteiger partial charge in [-0.1, -0.05) is 0 Å². The number of hydrogen-bond acceptors (Lipinski definition) is 3. The fourth-order valence-electron chi connectivity index (χ4n) is 3.32. The summed E-state index contributed by atoms with van der Waals surface area (Å²) in [5, 5.41) is 0. The van der Waals surface area contributed by atoms with Gasteiger partial charge in [0.1, 0.15) is 0 Å². The minimum Gasteiger partial charge on any atom is -0.302 e. The van der Waals surface area contributed by atoms with Crippen LogP contribution in [-0.4, -0.2) is 113 Å². The SMILES string of the molecule is O=P(O)(O[13CH2][13CH2]C(F)(F)C(F)(F)C(F)(F)C(F)(F)C(F)(F)C(F)(F)C(F)(F)C(F)(F)F)O[13CH2][13CH2]C(F)(F)C(F)(F)C(F)(F)C(F)(F)C(F)(F)C(F)(F)C(F)(F)C(F)(F)F. The average molecular weight is 994 g/mol. The lowest BCUT2D eigenvalue weighted by atomic mass is 9.90. The third-order valence-corrected chi connectivity index (χ3v) is 7.93. The van der Waals surface area contributed by atoms with Gasteiger partial charge in [-0.2, -0.15) is 149 Å². The van der Waals surface area contributed by atoms with Gasteiger partial charge in [-0.25, -0.2) is 4.57 Å². The molecule has 0 spiro atoms. The second-order valence-corrected chi connectivity index (χ2v) is 12.4. The second kappa shape index (κ2) is 14.9. The Labute approximate surface area is 298 Å². The molecule has 0 aromatic rings. The number of phosphoric acid groups is 1. The molecule has 0 aromatic heterocycles. The summed E-state index contributed by atoms with van der Waals surface area (Å²) in [6, 6.07) is 0. The zero-order valence-corrected chi connectivity index (χ0v) is 26.7. The largest absolute Gasteiger partial charge is 0.472 e. The van der Waals surface area contributed by atoms with Crippen molar-refractivity contribution in [3.8, 4) is 0 Å². The number of hydrogen-bond donors (Lipinski definition) is 1. The third kappa shape index (κ3) is 8.24. The van der Waals surface area contributed by atoms with Crippen LogP contribution in [0.4, 0.5) is 149 Å². The van der Waals surface area contributed by atoms with Gasteiger partial charge in [0.05, 0.1) is 13.2 Å². The maximum atomic E-state index is 13.8. The van der Waals surface area contributed by atoms with Crippen molar-refractivity contribution in [3.63, 3.8) is 0 Å². The maximum Gasteiger partial charge on any atom is 0.472 e. The molecule has 0 fully saturated rings. The highest BCUT2D eigenvalue weighted by Crippen LogP contribution is 2.66. The molecule has 59 heavy (non-hydrogen) atoms. The van der Waals surface area contributed by atoms with Crippen LogP contribution in [0, 0.1) is 0 Å². The fourth-order valence-corrected chi connectivity index (χ4v) is 4.04. The van der Waals surface area contributed by atoms with Gasteiger partial charge in [0.2, 0.25) is 0 Å². The van der Waals surface area contributed by atoms with E-state index in [9.17, 15) is 154 Å². The van der Waals surface area contributed by atoms with E-state index in [4.69, 9.17) is 4.89 Å². The van der Waals surface area contributed by atoms with Crippen LogP contribution in [0.25, 0.3) is 0 Å². The Bertz CT molecular complexity index is 1420. The van der Waals surface area contributed by atoms with Gasteiger partial charge >= 0.3 is 103 Å². The summed E-state index contributed by atoms with van der Waals surface area (Å²) in [5.41, 5.74) is 0. The van der Waals surface area contributed by atoms with Gasteiger partial charge < -0.3 is 4.89 Å². The highest BCUT2D eigenvalue weighted by Gasteiger charge is 2.97. The average Bonchev–Trinajstić information content (AvgIpc) is 2.98. The van der Waals surface area contributed by atoms with E-state index in [2.05, 4.69) is 9.05 Å². The molecule has 0 aromatic carbocycles. The summed E-state index contributed by atoms with van der Waals surface area (Å²) >= 11 is 0. The Kier molecular flexibility index (Phi) is 14.4. The first-order chi connectivity index (χ1) is 24.9. The molecule has 356 valence electrons. The Hall–Kier alpha value is -2.27. The Balaban J connectivity index is 6.27. The molecule has 0 aliphatic heterocycles. The van der Waals surface area contributed by atoms with Gasteiger partial charge in [-0.05, 0) is 0 Å². The van der Waals surface area contributed by atoms with Gasteiger partial charge in [0, 0.05) is 12.8 Å². The third-order valence-electron chi connectivity index (χ3n) is 6.92. The van der Waals surface area contributed by atoms with Gasteiger partial charge in [0.15, 0.2) is 0 Å². The summed E-state index contributed by atoms with van der Waals surface area (Å²) in [5.74, 6) is -121. The quantitative estimate of drug-likeness (QED) is 0.0750. The summed E-state index contributed by atoms with van der Waals surface area (Å²) in [4.78, 5) is 8.99. The van der Waals surface area contributed by atoms with E-state index < -0.39 is 129 Å². The fraction of sp³-hybridized carbons (Fsp3) is 1.00. The molecule has 0 amide bonds. The number of phosphoric ester groups is 1. The molecule has 0 rings (SSSR count). The van der Waals surface area contributed by atoms with Crippen LogP contribution in [-0.2, 0) is 13.6 Å². The van der Waals surface area contributed by atoms with E-state index in [0.29, 0.717) is 0 Å². The minimum atomic E-state index is -9.11. The standard InChI is InChI=1S/C20H9F34O4P/c21-5(22,7(25,26)9(29,30)11(33,34)13(37,38)15(41,42)17(45,46)19(49,50)51)1-3-57-59(55,56)58-4-2-6(23,24)8(27,28)10(31,32)12(35,36)14(39,40)16(43,44)18(47,48)20(52,53)54/h1-4H2,(H,55,56)/i1+1,2+1,3+1,4+1. The van der Waals surface area contributed by atoms with Crippen LogP contribution in [0.5, 0.6) is 0 Å². The molecule has 0 saturated carbocycles. The molecule has 0 atom stereocenters. The zero-order valence-electron chi connectivity index (χ0n) is 25.8. The first-order valence-electron chi connectivity index (χ1n) is 13.0. The summed E-state index contributed by atoms with van der Waals surface area (Å²) in [6.45, 7) is -6.22. The second-order valence-electron chi connectivity index (χ2n) is 10.9. The molecular formula is C20H9F34O4P. The van der Waals surface area contributed by atoms with Crippen LogP contribution < -0.4 is 0 Å². The lowest BCUT2D eigenvalue weighted by Gasteiger charge is -2.42. The van der Waals surface area contributed by atoms with Gasteiger partial charge in [-0.15, -0.1) is 0 Å². The monoisotopic (exact) mass is 994 g/mol. The smallest absolute Gasteiger partial charge is 0.302 e. The predicted molar refractivity (Wildman–Crippen MR) is 112 cm³/mol. The van der Waals surface area contributed by atoms with E-state index in [1.54, 1.807) is 0 Å². The first-order valence-corrected chi connectivity index (χ1v) is 14.5. The molecule has 1 N–H and O–H groups in total. The van der Waals surface area contributed by atoms with Crippen molar-refractivity contribution in [2.24, 2.45) is 0 Å². The summed E-state index contributed by atoms with van der Waals surface area (Å²) in [6.07, 6.45) is -23.7. The van der Waals surface area contributed by atoms with Crippen LogP contribution in [0.3, 0.4) is 0 Å². The Morgan fingerprint density at radius 1 is 0.288 bits per heavy atom. The van der Waals surface area contributed by atoms with E-state index in [1.807, 2.05) is 0 Å². The molecule has 39 heteroatoms. The van der Waals surface area contributed by atoms with Gasteiger partial charge in [0.25, 0.3) is 0 Å². The molecule has 0 saturated heterocycles. The van der Waals surface area contributed by atoms with Crippen molar-refractivity contribution in [2.45, 2.75) is 108 Å². The molecule has 0 heterocycles.